The molecule has 1 aliphatic heterocycles. The molecule has 0 aromatic rings. The van der Waals surface area contributed by atoms with Crippen molar-refractivity contribution in [1.82, 2.24) is 4.72 Å². The van der Waals surface area contributed by atoms with Crippen molar-refractivity contribution in [1.29, 1.82) is 0 Å². The molecule has 0 spiro atoms. The monoisotopic (exact) mass is 243 g/mol. The van der Waals surface area contributed by atoms with Crippen molar-refractivity contribution in [3.8, 4) is 0 Å². The standard InChI is InChI=1S/C11H17NO3S/c1-7-3-4-9(5-8(7)2)10-6-11(13)12-16(10,14)15/h3,8-10H,4-6H2,1-2H3,(H,12,13). The molecule has 1 heterocycles. The first-order valence-electron chi connectivity index (χ1n) is 5.61. The fourth-order valence-electron chi connectivity index (χ4n) is 2.57. The molecular weight excluding hydrogens is 226 g/mol. The number of rotatable bonds is 1. The Bertz CT molecular complexity index is 438. The van der Waals surface area contributed by atoms with Crippen LogP contribution in [0.4, 0.5) is 0 Å². The minimum atomic E-state index is -3.41. The first-order chi connectivity index (χ1) is 7.40. The lowest BCUT2D eigenvalue weighted by Crippen LogP contribution is -2.32. The van der Waals surface area contributed by atoms with Gasteiger partial charge in [0.1, 0.15) is 0 Å². The molecule has 0 aromatic heterocycles. The van der Waals surface area contributed by atoms with Gasteiger partial charge in [-0.1, -0.05) is 18.6 Å². The molecule has 0 saturated carbocycles. The molecule has 0 bridgehead atoms. The van der Waals surface area contributed by atoms with Gasteiger partial charge in [-0.05, 0) is 31.6 Å². The second kappa shape index (κ2) is 3.87. The highest BCUT2D eigenvalue weighted by Crippen LogP contribution is 2.35. The van der Waals surface area contributed by atoms with Gasteiger partial charge in [0, 0.05) is 6.42 Å². The van der Waals surface area contributed by atoms with E-state index in [4.69, 9.17) is 0 Å². The van der Waals surface area contributed by atoms with Crippen molar-refractivity contribution in [2.75, 3.05) is 0 Å². The van der Waals surface area contributed by atoms with E-state index in [2.05, 4.69) is 24.6 Å². The number of sulfonamides is 1. The van der Waals surface area contributed by atoms with Crippen molar-refractivity contribution >= 4 is 15.9 Å². The van der Waals surface area contributed by atoms with Crippen LogP contribution in [0.1, 0.15) is 33.1 Å². The van der Waals surface area contributed by atoms with Crippen molar-refractivity contribution in [3.63, 3.8) is 0 Å². The van der Waals surface area contributed by atoms with E-state index in [1.54, 1.807) is 0 Å². The lowest BCUT2D eigenvalue weighted by Gasteiger charge is -2.28. The molecule has 0 aromatic carbocycles. The van der Waals surface area contributed by atoms with Crippen LogP contribution in [0.25, 0.3) is 0 Å². The first kappa shape index (κ1) is 11.6. The number of allylic oxidation sites excluding steroid dienone is 2. The summed E-state index contributed by atoms with van der Waals surface area (Å²) in [5.41, 5.74) is 1.32. The molecule has 2 rings (SSSR count). The second-order valence-corrected chi connectivity index (χ2v) is 6.79. The third kappa shape index (κ3) is 2.00. The maximum Gasteiger partial charge on any atom is 0.238 e. The van der Waals surface area contributed by atoms with Gasteiger partial charge in [-0.2, -0.15) is 0 Å². The van der Waals surface area contributed by atoms with Crippen molar-refractivity contribution < 1.29 is 13.2 Å². The Morgan fingerprint density at radius 2 is 2.12 bits per heavy atom. The van der Waals surface area contributed by atoms with E-state index in [9.17, 15) is 13.2 Å². The van der Waals surface area contributed by atoms with Crippen molar-refractivity contribution in [2.24, 2.45) is 11.8 Å². The SMILES string of the molecule is CC1=CCC(C2CC(=O)NS2(=O)=O)CC1C. The van der Waals surface area contributed by atoms with Crippen LogP contribution >= 0.6 is 0 Å². The molecule has 4 nitrogen and oxygen atoms in total. The summed E-state index contributed by atoms with van der Waals surface area (Å²) < 4.78 is 25.5. The molecule has 1 aliphatic carbocycles. The van der Waals surface area contributed by atoms with E-state index >= 15 is 0 Å². The van der Waals surface area contributed by atoms with Gasteiger partial charge >= 0.3 is 0 Å². The quantitative estimate of drug-likeness (QED) is 0.704. The van der Waals surface area contributed by atoms with Crippen molar-refractivity contribution in [3.05, 3.63) is 11.6 Å². The molecule has 3 atom stereocenters. The van der Waals surface area contributed by atoms with Crippen LogP contribution in [0.3, 0.4) is 0 Å². The van der Waals surface area contributed by atoms with E-state index in [0.29, 0.717) is 5.92 Å². The van der Waals surface area contributed by atoms with Gasteiger partial charge in [0.15, 0.2) is 0 Å². The van der Waals surface area contributed by atoms with Gasteiger partial charge in [-0.15, -0.1) is 0 Å². The topological polar surface area (TPSA) is 63.2 Å². The van der Waals surface area contributed by atoms with Crippen LogP contribution in [-0.4, -0.2) is 19.6 Å². The molecule has 5 heteroatoms. The predicted octanol–water partition coefficient (Wildman–Crippen LogP) is 1.20. The average Bonchev–Trinajstić information content (AvgIpc) is 2.44. The van der Waals surface area contributed by atoms with Crippen LogP contribution in [0, 0.1) is 11.8 Å². The average molecular weight is 243 g/mol. The zero-order valence-corrected chi connectivity index (χ0v) is 10.4. The molecule has 1 N–H and O–H groups in total. The maximum absolute atomic E-state index is 11.7. The fourth-order valence-corrected chi connectivity index (χ4v) is 4.22. The van der Waals surface area contributed by atoms with E-state index in [0.717, 1.165) is 12.8 Å². The number of nitrogens with one attached hydrogen (secondary N) is 1. The Labute approximate surface area is 96.2 Å². The number of amides is 1. The predicted molar refractivity (Wildman–Crippen MR) is 61.1 cm³/mol. The Morgan fingerprint density at radius 3 is 2.62 bits per heavy atom. The highest BCUT2D eigenvalue weighted by molar-refractivity contribution is 7.91. The van der Waals surface area contributed by atoms with Gasteiger partial charge in [-0.3, -0.25) is 9.52 Å². The van der Waals surface area contributed by atoms with Crippen LogP contribution < -0.4 is 4.72 Å². The Hall–Kier alpha value is -0.840. The van der Waals surface area contributed by atoms with Crippen LogP contribution in [0.15, 0.2) is 11.6 Å². The van der Waals surface area contributed by atoms with Gasteiger partial charge < -0.3 is 0 Å². The number of carbonyl (C=O) groups excluding carboxylic acids is 1. The first-order valence-corrected chi connectivity index (χ1v) is 7.16. The summed E-state index contributed by atoms with van der Waals surface area (Å²) in [4.78, 5) is 11.2. The number of hydrogen-bond acceptors (Lipinski definition) is 3. The fraction of sp³-hybridized carbons (Fsp3) is 0.727. The molecule has 2 aliphatic rings. The Balaban J connectivity index is 2.19. The lowest BCUT2D eigenvalue weighted by molar-refractivity contribution is -0.118. The third-order valence-electron chi connectivity index (χ3n) is 3.74. The van der Waals surface area contributed by atoms with Gasteiger partial charge in [0.25, 0.3) is 0 Å². The number of carbonyl (C=O) groups is 1. The maximum atomic E-state index is 11.7. The minimum Gasteiger partial charge on any atom is -0.274 e. The summed E-state index contributed by atoms with van der Waals surface area (Å²) >= 11 is 0. The summed E-state index contributed by atoms with van der Waals surface area (Å²) in [6.07, 6.45) is 3.87. The molecule has 1 fully saturated rings. The smallest absolute Gasteiger partial charge is 0.238 e. The molecule has 1 amide bonds. The summed E-state index contributed by atoms with van der Waals surface area (Å²) in [5.74, 6) is 0.149. The van der Waals surface area contributed by atoms with E-state index in [-0.39, 0.29) is 18.2 Å². The van der Waals surface area contributed by atoms with Gasteiger partial charge in [-0.25, -0.2) is 8.42 Å². The number of hydrogen-bond donors (Lipinski definition) is 1. The summed E-state index contributed by atoms with van der Waals surface area (Å²) in [6.45, 7) is 4.18. The largest absolute Gasteiger partial charge is 0.274 e. The molecule has 16 heavy (non-hydrogen) atoms. The molecule has 3 unspecified atom stereocenters. The lowest BCUT2D eigenvalue weighted by atomic mass is 9.80. The second-order valence-electron chi connectivity index (χ2n) is 4.89. The van der Waals surface area contributed by atoms with Gasteiger partial charge in [0.05, 0.1) is 5.25 Å². The van der Waals surface area contributed by atoms with E-state index in [1.165, 1.54) is 5.57 Å². The molecule has 90 valence electrons. The third-order valence-corrected chi connectivity index (χ3v) is 5.60. The van der Waals surface area contributed by atoms with Crippen LogP contribution in [0.5, 0.6) is 0 Å². The van der Waals surface area contributed by atoms with Crippen molar-refractivity contribution in [2.45, 2.75) is 38.4 Å². The van der Waals surface area contributed by atoms with Crippen LogP contribution in [-0.2, 0) is 14.8 Å². The molecule has 1 saturated heterocycles. The minimum absolute atomic E-state index is 0.0858. The molecular formula is C11H17NO3S. The van der Waals surface area contributed by atoms with Gasteiger partial charge in [0.2, 0.25) is 15.9 Å². The normalized spacial score (nSPS) is 38.0. The summed E-state index contributed by atoms with van der Waals surface area (Å²) in [6, 6.07) is 0. The Kier molecular flexibility index (Phi) is 2.82. The summed E-state index contributed by atoms with van der Waals surface area (Å²) in [5, 5.41) is -0.521. The van der Waals surface area contributed by atoms with E-state index < -0.39 is 15.3 Å². The summed E-state index contributed by atoms with van der Waals surface area (Å²) in [7, 11) is -3.41. The molecule has 0 radical (unpaired) electrons. The van der Waals surface area contributed by atoms with Crippen LogP contribution in [0.2, 0.25) is 0 Å². The zero-order valence-electron chi connectivity index (χ0n) is 9.56. The van der Waals surface area contributed by atoms with E-state index in [1.807, 2.05) is 0 Å². The zero-order chi connectivity index (χ0) is 11.9. The highest BCUT2D eigenvalue weighted by Gasteiger charge is 2.42. The Morgan fingerprint density at radius 1 is 1.44 bits per heavy atom. The highest BCUT2D eigenvalue weighted by atomic mass is 32.2.